The van der Waals surface area contributed by atoms with E-state index in [1.807, 2.05) is 17.9 Å². The molecule has 1 aromatic heterocycles. The topological polar surface area (TPSA) is 42.4 Å². The summed E-state index contributed by atoms with van der Waals surface area (Å²) in [5.74, 6) is -0.0210. The van der Waals surface area contributed by atoms with Crippen LogP contribution in [0.5, 0.6) is 0 Å². The van der Waals surface area contributed by atoms with Gasteiger partial charge in [-0.3, -0.25) is 9.78 Å². The fourth-order valence-corrected chi connectivity index (χ4v) is 2.22. The summed E-state index contributed by atoms with van der Waals surface area (Å²) in [4.78, 5) is 18.2. The molecule has 0 N–H and O–H groups in total. The van der Waals surface area contributed by atoms with Crippen LogP contribution in [0, 0.1) is 0 Å². The van der Waals surface area contributed by atoms with Crippen molar-refractivity contribution in [2.24, 2.45) is 0 Å². The van der Waals surface area contributed by atoms with Gasteiger partial charge in [-0.25, -0.2) is 0 Å². The van der Waals surface area contributed by atoms with E-state index >= 15 is 0 Å². The number of halogens is 1. The normalized spacial score (nSPS) is 24.7. The van der Waals surface area contributed by atoms with Crippen LogP contribution in [0.1, 0.15) is 17.4 Å². The molecule has 2 atom stereocenters. The molecule has 1 aliphatic heterocycles. The van der Waals surface area contributed by atoms with Crippen LogP contribution < -0.4 is 0 Å². The molecule has 0 radical (unpaired) electrons. The monoisotopic (exact) mass is 298 g/mol. The Morgan fingerprint density at radius 1 is 1.65 bits per heavy atom. The fraction of sp³-hybridized carbons (Fsp3) is 0.500. The third-order valence-electron chi connectivity index (χ3n) is 2.82. The molecule has 92 valence electrons. The molecule has 0 aromatic carbocycles. The van der Waals surface area contributed by atoms with Gasteiger partial charge in [-0.1, -0.05) is 22.0 Å². The highest BCUT2D eigenvalue weighted by molar-refractivity contribution is 9.09. The Morgan fingerprint density at radius 3 is 3.12 bits per heavy atom. The van der Waals surface area contributed by atoms with Gasteiger partial charge in [0.25, 0.3) is 5.91 Å². The Kier molecular flexibility index (Phi) is 4.12. The van der Waals surface area contributed by atoms with Gasteiger partial charge in [0, 0.05) is 18.1 Å². The summed E-state index contributed by atoms with van der Waals surface area (Å²) in [6, 6.07) is 5.47. The Balaban J connectivity index is 2.12. The van der Waals surface area contributed by atoms with Crippen molar-refractivity contribution < 1.29 is 9.53 Å². The number of amides is 1. The summed E-state index contributed by atoms with van der Waals surface area (Å²) in [6.07, 6.45) is 1.71. The minimum Gasteiger partial charge on any atom is -0.373 e. The first-order valence-corrected chi connectivity index (χ1v) is 6.74. The van der Waals surface area contributed by atoms with Crippen molar-refractivity contribution in [2.75, 3.05) is 18.5 Å². The molecular weight excluding hydrogens is 284 g/mol. The number of morpholine rings is 1. The van der Waals surface area contributed by atoms with E-state index in [1.54, 1.807) is 18.3 Å². The molecule has 0 aliphatic carbocycles. The molecule has 0 bridgehead atoms. The van der Waals surface area contributed by atoms with E-state index in [1.165, 1.54) is 0 Å². The predicted octanol–water partition coefficient (Wildman–Crippen LogP) is 1.71. The summed E-state index contributed by atoms with van der Waals surface area (Å²) >= 11 is 3.39. The first kappa shape index (κ1) is 12.5. The molecule has 1 fully saturated rings. The van der Waals surface area contributed by atoms with Crippen LogP contribution in [0.25, 0.3) is 0 Å². The first-order valence-electron chi connectivity index (χ1n) is 5.62. The van der Waals surface area contributed by atoms with Crippen LogP contribution in [0.3, 0.4) is 0 Å². The second-order valence-corrected chi connectivity index (χ2v) is 4.78. The number of hydrogen-bond donors (Lipinski definition) is 0. The van der Waals surface area contributed by atoms with Gasteiger partial charge in [0.15, 0.2) is 0 Å². The van der Waals surface area contributed by atoms with Crippen LogP contribution in [-0.2, 0) is 4.74 Å². The zero-order valence-corrected chi connectivity index (χ0v) is 11.3. The van der Waals surface area contributed by atoms with E-state index in [0.717, 1.165) is 5.33 Å². The highest BCUT2D eigenvalue weighted by Gasteiger charge is 2.30. The number of nitrogens with zero attached hydrogens (tertiary/aromatic N) is 2. The molecule has 1 saturated heterocycles. The quantitative estimate of drug-likeness (QED) is 0.781. The van der Waals surface area contributed by atoms with Crippen molar-refractivity contribution in [3.63, 3.8) is 0 Å². The maximum absolute atomic E-state index is 12.3. The Bertz CT molecular complexity index is 385. The zero-order chi connectivity index (χ0) is 12.3. The van der Waals surface area contributed by atoms with Crippen molar-refractivity contribution in [2.45, 2.75) is 19.1 Å². The summed E-state index contributed by atoms with van der Waals surface area (Å²) < 4.78 is 5.59. The first-order chi connectivity index (χ1) is 8.22. The van der Waals surface area contributed by atoms with Crippen molar-refractivity contribution in [3.8, 4) is 0 Å². The highest BCUT2D eigenvalue weighted by atomic mass is 79.9. The number of alkyl halides is 1. The molecule has 4 nitrogen and oxygen atoms in total. The lowest BCUT2D eigenvalue weighted by Crippen LogP contribution is -2.51. The summed E-state index contributed by atoms with van der Waals surface area (Å²) in [6.45, 7) is 3.18. The largest absolute Gasteiger partial charge is 0.373 e. The number of ether oxygens (including phenoxy) is 1. The molecular formula is C12H15BrN2O2. The fourth-order valence-electron chi connectivity index (χ4n) is 1.83. The van der Waals surface area contributed by atoms with Crippen molar-refractivity contribution in [1.82, 2.24) is 9.88 Å². The van der Waals surface area contributed by atoms with E-state index in [2.05, 4.69) is 20.9 Å². The molecule has 2 heterocycles. The van der Waals surface area contributed by atoms with Gasteiger partial charge in [-0.15, -0.1) is 0 Å². The number of aromatic nitrogens is 1. The predicted molar refractivity (Wildman–Crippen MR) is 68.3 cm³/mol. The molecule has 2 unspecified atom stereocenters. The third-order valence-corrected chi connectivity index (χ3v) is 3.54. The molecule has 0 saturated carbocycles. The van der Waals surface area contributed by atoms with Gasteiger partial charge < -0.3 is 9.64 Å². The van der Waals surface area contributed by atoms with Gasteiger partial charge >= 0.3 is 0 Å². The van der Waals surface area contributed by atoms with Gasteiger partial charge in [-0.05, 0) is 19.1 Å². The van der Waals surface area contributed by atoms with E-state index in [4.69, 9.17) is 4.74 Å². The Morgan fingerprint density at radius 2 is 2.47 bits per heavy atom. The molecule has 1 aromatic rings. The van der Waals surface area contributed by atoms with Crippen LogP contribution in [0.4, 0.5) is 0 Å². The molecule has 1 aliphatic rings. The lowest BCUT2D eigenvalue weighted by Gasteiger charge is -2.37. The summed E-state index contributed by atoms with van der Waals surface area (Å²) in [7, 11) is 0. The SMILES string of the molecule is CC1COC(CBr)CN1C(=O)c1ccccn1. The minimum absolute atomic E-state index is 0.0210. The van der Waals surface area contributed by atoms with E-state index in [0.29, 0.717) is 18.8 Å². The van der Waals surface area contributed by atoms with Crippen molar-refractivity contribution in [3.05, 3.63) is 30.1 Å². The molecule has 0 spiro atoms. The number of rotatable bonds is 2. The smallest absolute Gasteiger partial charge is 0.272 e. The molecule has 1 amide bonds. The molecule has 17 heavy (non-hydrogen) atoms. The standard InChI is InChI=1S/C12H15BrN2O2/c1-9-8-17-10(6-13)7-15(9)12(16)11-4-2-3-5-14-11/h2-5,9-10H,6-8H2,1H3. The maximum atomic E-state index is 12.3. The van der Waals surface area contributed by atoms with E-state index < -0.39 is 0 Å². The lowest BCUT2D eigenvalue weighted by molar-refractivity contribution is -0.0363. The van der Waals surface area contributed by atoms with Gasteiger partial charge in [-0.2, -0.15) is 0 Å². The summed E-state index contributed by atoms with van der Waals surface area (Å²) in [5.41, 5.74) is 0.495. The van der Waals surface area contributed by atoms with Crippen LogP contribution in [0.15, 0.2) is 24.4 Å². The van der Waals surface area contributed by atoms with Crippen LogP contribution in [-0.4, -0.2) is 46.4 Å². The van der Waals surface area contributed by atoms with Gasteiger partial charge in [0.05, 0.1) is 18.8 Å². The minimum atomic E-state index is -0.0210. The average molecular weight is 299 g/mol. The number of hydrogen-bond acceptors (Lipinski definition) is 3. The lowest BCUT2D eigenvalue weighted by atomic mass is 10.2. The number of carbonyl (C=O) groups excluding carboxylic acids is 1. The van der Waals surface area contributed by atoms with Gasteiger partial charge in [0.1, 0.15) is 5.69 Å². The molecule has 5 heteroatoms. The Hall–Kier alpha value is -0.940. The van der Waals surface area contributed by atoms with Crippen molar-refractivity contribution >= 4 is 21.8 Å². The summed E-state index contributed by atoms with van der Waals surface area (Å²) in [5, 5.41) is 0.742. The Labute approximate surface area is 109 Å². The second kappa shape index (κ2) is 5.60. The maximum Gasteiger partial charge on any atom is 0.272 e. The van der Waals surface area contributed by atoms with Gasteiger partial charge in [0.2, 0.25) is 0 Å². The number of carbonyl (C=O) groups is 1. The highest BCUT2D eigenvalue weighted by Crippen LogP contribution is 2.15. The second-order valence-electron chi connectivity index (χ2n) is 4.13. The average Bonchev–Trinajstić information content (AvgIpc) is 2.39. The number of pyridine rings is 1. The van der Waals surface area contributed by atoms with E-state index in [-0.39, 0.29) is 18.1 Å². The van der Waals surface area contributed by atoms with Crippen molar-refractivity contribution in [1.29, 1.82) is 0 Å². The van der Waals surface area contributed by atoms with E-state index in [9.17, 15) is 4.79 Å². The van der Waals surface area contributed by atoms with Crippen LogP contribution >= 0.6 is 15.9 Å². The third kappa shape index (κ3) is 2.84. The van der Waals surface area contributed by atoms with Crippen LogP contribution in [0.2, 0.25) is 0 Å². The zero-order valence-electron chi connectivity index (χ0n) is 9.67. The molecule has 2 rings (SSSR count).